The number of esters is 1. The van der Waals surface area contributed by atoms with Crippen molar-refractivity contribution in [1.82, 2.24) is 0 Å². The van der Waals surface area contributed by atoms with Crippen LogP contribution in [0.4, 0.5) is 0 Å². The SMILES string of the molecule is COC(=O)CC1(CSc2c(C)cccc2C#N)CC1. The molecule has 0 bridgehead atoms. The quantitative estimate of drug-likeness (QED) is 0.611. The van der Waals surface area contributed by atoms with E-state index in [1.165, 1.54) is 7.11 Å². The summed E-state index contributed by atoms with van der Waals surface area (Å²) in [6.07, 6.45) is 2.63. The molecule has 0 amide bonds. The summed E-state index contributed by atoms with van der Waals surface area (Å²) in [5.74, 6) is 0.741. The first-order chi connectivity index (χ1) is 9.10. The van der Waals surface area contributed by atoms with Gasteiger partial charge in [-0.1, -0.05) is 12.1 Å². The molecular formula is C15H17NO2S. The van der Waals surface area contributed by atoms with Gasteiger partial charge in [-0.05, 0) is 36.8 Å². The van der Waals surface area contributed by atoms with Gasteiger partial charge in [-0.15, -0.1) is 11.8 Å². The second kappa shape index (κ2) is 5.66. The van der Waals surface area contributed by atoms with Gasteiger partial charge < -0.3 is 4.74 Å². The molecule has 0 N–H and O–H groups in total. The van der Waals surface area contributed by atoms with Gasteiger partial charge in [0, 0.05) is 10.6 Å². The molecule has 0 aliphatic heterocycles. The van der Waals surface area contributed by atoms with Gasteiger partial charge >= 0.3 is 5.97 Å². The Morgan fingerprint density at radius 2 is 2.26 bits per heavy atom. The number of rotatable bonds is 5. The number of ether oxygens (including phenoxy) is 1. The normalized spacial score (nSPS) is 15.6. The Kier molecular flexibility index (Phi) is 4.16. The highest BCUT2D eigenvalue weighted by Gasteiger charge is 2.44. The molecule has 1 fully saturated rings. The molecule has 0 spiro atoms. The van der Waals surface area contributed by atoms with E-state index in [9.17, 15) is 4.79 Å². The van der Waals surface area contributed by atoms with E-state index in [-0.39, 0.29) is 11.4 Å². The van der Waals surface area contributed by atoms with Crippen molar-refractivity contribution < 1.29 is 9.53 Å². The van der Waals surface area contributed by atoms with Gasteiger partial charge in [0.2, 0.25) is 0 Å². The third-order valence-corrected chi connectivity index (χ3v) is 5.15. The van der Waals surface area contributed by atoms with Crippen LogP contribution in [0, 0.1) is 23.7 Å². The fraction of sp³-hybridized carbons (Fsp3) is 0.467. The first-order valence-electron chi connectivity index (χ1n) is 6.29. The fourth-order valence-electron chi connectivity index (χ4n) is 2.08. The molecule has 3 nitrogen and oxygen atoms in total. The van der Waals surface area contributed by atoms with Crippen molar-refractivity contribution in [2.75, 3.05) is 12.9 Å². The summed E-state index contributed by atoms with van der Waals surface area (Å²) in [6.45, 7) is 2.02. The molecule has 0 radical (unpaired) electrons. The summed E-state index contributed by atoms with van der Waals surface area (Å²) in [7, 11) is 1.43. The Morgan fingerprint density at radius 3 is 2.84 bits per heavy atom. The van der Waals surface area contributed by atoms with Gasteiger partial charge in [0.15, 0.2) is 0 Å². The summed E-state index contributed by atoms with van der Waals surface area (Å²) >= 11 is 1.69. The molecule has 19 heavy (non-hydrogen) atoms. The molecule has 1 aromatic rings. The van der Waals surface area contributed by atoms with Crippen molar-refractivity contribution >= 4 is 17.7 Å². The Morgan fingerprint density at radius 1 is 1.53 bits per heavy atom. The first kappa shape index (κ1) is 14.0. The molecule has 0 heterocycles. The zero-order valence-electron chi connectivity index (χ0n) is 11.2. The number of aryl methyl sites for hydroxylation is 1. The summed E-state index contributed by atoms with van der Waals surface area (Å²) in [4.78, 5) is 12.4. The van der Waals surface area contributed by atoms with Crippen molar-refractivity contribution in [3.05, 3.63) is 29.3 Å². The van der Waals surface area contributed by atoms with Crippen LogP contribution in [0.3, 0.4) is 0 Å². The number of carbonyl (C=O) groups is 1. The Hall–Kier alpha value is -1.47. The number of nitrogens with zero attached hydrogens (tertiary/aromatic N) is 1. The van der Waals surface area contributed by atoms with Crippen LogP contribution in [0.1, 0.15) is 30.4 Å². The highest BCUT2D eigenvalue weighted by atomic mass is 32.2. The molecule has 1 aliphatic carbocycles. The summed E-state index contributed by atoms with van der Waals surface area (Å²) in [5.41, 5.74) is 1.93. The summed E-state index contributed by atoms with van der Waals surface area (Å²) in [5, 5.41) is 9.13. The lowest BCUT2D eigenvalue weighted by molar-refractivity contribution is -0.141. The number of hydrogen-bond donors (Lipinski definition) is 0. The van der Waals surface area contributed by atoms with Crippen molar-refractivity contribution in [1.29, 1.82) is 5.26 Å². The zero-order chi connectivity index (χ0) is 13.9. The minimum absolute atomic E-state index is 0.0900. The molecular weight excluding hydrogens is 258 g/mol. The number of carbonyl (C=O) groups excluding carboxylic acids is 1. The van der Waals surface area contributed by atoms with Crippen LogP contribution in [0.5, 0.6) is 0 Å². The predicted octanol–water partition coefficient (Wildman–Crippen LogP) is 3.30. The smallest absolute Gasteiger partial charge is 0.306 e. The maximum atomic E-state index is 11.4. The molecule has 0 aromatic heterocycles. The van der Waals surface area contributed by atoms with Gasteiger partial charge in [-0.2, -0.15) is 5.26 Å². The monoisotopic (exact) mass is 275 g/mol. The van der Waals surface area contributed by atoms with Crippen molar-refractivity contribution in [3.63, 3.8) is 0 Å². The van der Waals surface area contributed by atoms with E-state index in [2.05, 4.69) is 6.07 Å². The minimum Gasteiger partial charge on any atom is -0.469 e. The molecule has 0 atom stereocenters. The van der Waals surface area contributed by atoms with Crippen molar-refractivity contribution in [2.45, 2.75) is 31.1 Å². The van der Waals surface area contributed by atoms with Gasteiger partial charge in [-0.25, -0.2) is 0 Å². The predicted molar refractivity (Wildman–Crippen MR) is 74.9 cm³/mol. The molecule has 2 rings (SSSR count). The third kappa shape index (κ3) is 3.30. The van der Waals surface area contributed by atoms with Crippen LogP contribution in [0.15, 0.2) is 23.1 Å². The Balaban J connectivity index is 2.04. The molecule has 1 saturated carbocycles. The Labute approximate surface area is 118 Å². The number of methoxy groups -OCH3 is 1. The largest absolute Gasteiger partial charge is 0.469 e. The molecule has 100 valence electrons. The minimum atomic E-state index is -0.136. The highest BCUT2D eigenvalue weighted by molar-refractivity contribution is 7.99. The fourth-order valence-corrected chi connectivity index (χ4v) is 3.49. The number of thioether (sulfide) groups is 1. The molecule has 1 aromatic carbocycles. The van der Waals surface area contributed by atoms with Crippen LogP contribution in [0.2, 0.25) is 0 Å². The lowest BCUT2D eigenvalue weighted by Crippen LogP contribution is -2.13. The van der Waals surface area contributed by atoms with E-state index >= 15 is 0 Å². The zero-order valence-corrected chi connectivity index (χ0v) is 12.0. The van der Waals surface area contributed by atoms with Gasteiger partial charge in [0.1, 0.15) is 6.07 Å². The maximum absolute atomic E-state index is 11.4. The van der Waals surface area contributed by atoms with Gasteiger partial charge in [0.05, 0.1) is 19.1 Å². The van der Waals surface area contributed by atoms with E-state index in [0.29, 0.717) is 6.42 Å². The topological polar surface area (TPSA) is 50.1 Å². The second-order valence-electron chi connectivity index (χ2n) is 5.10. The highest BCUT2D eigenvalue weighted by Crippen LogP contribution is 2.52. The number of hydrogen-bond acceptors (Lipinski definition) is 4. The van der Waals surface area contributed by atoms with Gasteiger partial charge in [0.25, 0.3) is 0 Å². The number of nitriles is 1. The standard InChI is InChI=1S/C15H17NO2S/c1-11-4-3-5-12(9-16)14(11)19-10-15(6-7-15)8-13(17)18-2/h3-5H,6-8,10H2,1-2H3. The third-order valence-electron chi connectivity index (χ3n) is 3.56. The van der Waals surface area contributed by atoms with E-state index < -0.39 is 0 Å². The molecule has 0 unspecified atom stereocenters. The lowest BCUT2D eigenvalue weighted by atomic mass is 10.1. The van der Waals surface area contributed by atoms with E-state index in [0.717, 1.165) is 34.6 Å². The first-order valence-corrected chi connectivity index (χ1v) is 7.28. The average molecular weight is 275 g/mol. The average Bonchev–Trinajstić information content (AvgIpc) is 3.17. The summed E-state index contributed by atoms with van der Waals surface area (Å²) < 4.78 is 4.75. The van der Waals surface area contributed by atoms with E-state index in [1.54, 1.807) is 11.8 Å². The lowest BCUT2D eigenvalue weighted by Gasteiger charge is -2.14. The molecule has 0 saturated heterocycles. The molecule has 4 heteroatoms. The van der Waals surface area contributed by atoms with Crippen molar-refractivity contribution in [2.24, 2.45) is 5.41 Å². The maximum Gasteiger partial charge on any atom is 0.306 e. The Bertz CT molecular complexity index is 529. The van der Waals surface area contributed by atoms with Gasteiger partial charge in [-0.3, -0.25) is 4.79 Å². The van der Waals surface area contributed by atoms with Crippen molar-refractivity contribution in [3.8, 4) is 6.07 Å². The van der Waals surface area contributed by atoms with E-state index in [1.807, 2.05) is 25.1 Å². The van der Waals surface area contributed by atoms with Crippen LogP contribution in [0.25, 0.3) is 0 Å². The van der Waals surface area contributed by atoms with Crippen LogP contribution >= 0.6 is 11.8 Å². The van der Waals surface area contributed by atoms with Crippen LogP contribution < -0.4 is 0 Å². The second-order valence-corrected chi connectivity index (χ2v) is 6.09. The summed E-state index contributed by atoms with van der Waals surface area (Å²) in [6, 6.07) is 7.99. The number of benzene rings is 1. The van der Waals surface area contributed by atoms with E-state index in [4.69, 9.17) is 10.00 Å². The van der Waals surface area contributed by atoms with Crippen LogP contribution in [-0.4, -0.2) is 18.8 Å². The van der Waals surface area contributed by atoms with Crippen LogP contribution in [-0.2, 0) is 9.53 Å². The molecule has 1 aliphatic rings.